The lowest BCUT2D eigenvalue weighted by Crippen LogP contribution is -2.33. The molecule has 1 unspecified atom stereocenters. The molecule has 3 heteroatoms. The van der Waals surface area contributed by atoms with Crippen LogP contribution in [0.1, 0.15) is 51.9 Å². The lowest BCUT2D eigenvalue weighted by atomic mass is 10.00. The molecule has 16 heavy (non-hydrogen) atoms. The molecule has 0 aromatic heterocycles. The Kier molecular flexibility index (Phi) is 6.78. The maximum Gasteiger partial charge on any atom is 0.0741 e. The van der Waals surface area contributed by atoms with Crippen LogP contribution in [0.5, 0.6) is 0 Å². The second kappa shape index (κ2) is 7.57. The molecule has 0 spiro atoms. The van der Waals surface area contributed by atoms with Gasteiger partial charge in [0.05, 0.1) is 5.60 Å². The molecule has 0 bridgehead atoms. The van der Waals surface area contributed by atoms with Gasteiger partial charge in [-0.2, -0.15) is 11.8 Å². The van der Waals surface area contributed by atoms with Crippen LogP contribution in [0.3, 0.4) is 0 Å². The van der Waals surface area contributed by atoms with E-state index < -0.39 is 5.60 Å². The summed E-state index contributed by atoms with van der Waals surface area (Å²) >= 11 is 2.10. The van der Waals surface area contributed by atoms with Crippen molar-refractivity contribution in [2.75, 3.05) is 18.1 Å². The summed E-state index contributed by atoms with van der Waals surface area (Å²) in [5.74, 6) is 3.60. The molecule has 1 atom stereocenters. The van der Waals surface area contributed by atoms with E-state index in [1.807, 2.05) is 6.92 Å². The van der Waals surface area contributed by atoms with E-state index in [2.05, 4.69) is 11.8 Å². The molecule has 0 aromatic carbocycles. The first-order valence-electron chi connectivity index (χ1n) is 6.64. The van der Waals surface area contributed by atoms with E-state index in [0.29, 0.717) is 6.54 Å². The number of hydrogen-bond acceptors (Lipinski definition) is 3. The summed E-state index contributed by atoms with van der Waals surface area (Å²) in [6, 6.07) is 0. The summed E-state index contributed by atoms with van der Waals surface area (Å²) < 4.78 is 0. The van der Waals surface area contributed by atoms with E-state index in [1.54, 1.807) is 0 Å². The molecule has 1 aliphatic carbocycles. The monoisotopic (exact) mass is 245 g/mol. The van der Waals surface area contributed by atoms with Crippen molar-refractivity contribution in [2.45, 2.75) is 57.5 Å². The van der Waals surface area contributed by atoms with Crippen molar-refractivity contribution in [2.24, 2.45) is 11.7 Å². The molecule has 0 amide bonds. The largest absolute Gasteiger partial charge is 0.389 e. The lowest BCUT2D eigenvalue weighted by molar-refractivity contribution is 0.0577. The molecule has 3 N–H and O–H groups in total. The van der Waals surface area contributed by atoms with Crippen molar-refractivity contribution in [1.82, 2.24) is 0 Å². The molecule has 1 saturated carbocycles. The Morgan fingerprint density at radius 2 is 2.00 bits per heavy atom. The van der Waals surface area contributed by atoms with E-state index in [0.717, 1.165) is 18.8 Å². The minimum Gasteiger partial charge on any atom is -0.389 e. The molecule has 0 saturated heterocycles. The molecular weight excluding hydrogens is 218 g/mol. The second-order valence-electron chi connectivity index (χ2n) is 5.38. The normalized spacial score (nSPS) is 21.2. The van der Waals surface area contributed by atoms with Crippen LogP contribution in [0.25, 0.3) is 0 Å². The van der Waals surface area contributed by atoms with Gasteiger partial charge in [0.2, 0.25) is 0 Å². The Labute approximate surface area is 104 Å². The van der Waals surface area contributed by atoms with Crippen molar-refractivity contribution >= 4 is 11.8 Å². The molecule has 2 nitrogen and oxygen atoms in total. The Balaban J connectivity index is 1.88. The van der Waals surface area contributed by atoms with Gasteiger partial charge in [0.25, 0.3) is 0 Å². The van der Waals surface area contributed by atoms with Gasteiger partial charge in [0, 0.05) is 6.54 Å². The summed E-state index contributed by atoms with van der Waals surface area (Å²) in [4.78, 5) is 0. The van der Waals surface area contributed by atoms with Crippen LogP contribution < -0.4 is 5.73 Å². The van der Waals surface area contributed by atoms with Crippen molar-refractivity contribution in [3.63, 3.8) is 0 Å². The molecule has 0 aromatic rings. The molecule has 1 fully saturated rings. The van der Waals surface area contributed by atoms with Gasteiger partial charge in [-0.05, 0) is 56.5 Å². The first-order chi connectivity index (χ1) is 7.64. The van der Waals surface area contributed by atoms with Crippen LogP contribution in [-0.2, 0) is 0 Å². The second-order valence-corrected chi connectivity index (χ2v) is 6.53. The Morgan fingerprint density at radius 3 is 2.62 bits per heavy atom. The predicted octanol–water partition coefficient (Wildman–Crippen LogP) is 2.79. The van der Waals surface area contributed by atoms with Gasteiger partial charge in [-0.1, -0.05) is 12.8 Å². The van der Waals surface area contributed by atoms with Gasteiger partial charge >= 0.3 is 0 Å². The third-order valence-electron chi connectivity index (χ3n) is 3.52. The number of thioether (sulfide) groups is 1. The zero-order valence-corrected chi connectivity index (χ0v) is 11.4. The maximum atomic E-state index is 9.72. The minimum absolute atomic E-state index is 0.377. The van der Waals surface area contributed by atoms with Gasteiger partial charge in [-0.15, -0.1) is 0 Å². The smallest absolute Gasteiger partial charge is 0.0741 e. The fourth-order valence-electron chi connectivity index (χ4n) is 2.24. The quantitative estimate of drug-likeness (QED) is 0.646. The maximum absolute atomic E-state index is 9.72. The highest BCUT2D eigenvalue weighted by Crippen LogP contribution is 2.28. The minimum atomic E-state index is -0.643. The van der Waals surface area contributed by atoms with Gasteiger partial charge in [-0.3, -0.25) is 0 Å². The summed E-state index contributed by atoms with van der Waals surface area (Å²) in [5, 5.41) is 9.72. The fourth-order valence-corrected chi connectivity index (χ4v) is 3.48. The van der Waals surface area contributed by atoms with E-state index in [-0.39, 0.29) is 0 Å². The van der Waals surface area contributed by atoms with Crippen LogP contribution in [0, 0.1) is 5.92 Å². The topological polar surface area (TPSA) is 46.2 Å². The van der Waals surface area contributed by atoms with Crippen molar-refractivity contribution in [3.8, 4) is 0 Å². The molecule has 1 rings (SSSR count). The van der Waals surface area contributed by atoms with Gasteiger partial charge in [0.1, 0.15) is 0 Å². The third-order valence-corrected chi connectivity index (χ3v) is 4.81. The number of aliphatic hydroxyl groups is 1. The zero-order chi connectivity index (χ0) is 11.9. The molecular formula is C13H27NOS. The van der Waals surface area contributed by atoms with E-state index >= 15 is 0 Å². The summed E-state index contributed by atoms with van der Waals surface area (Å²) in [6.45, 7) is 2.21. The van der Waals surface area contributed by atoms with Crippen molar-refractivity contribution < 1.29 is 5.11 Å². The van der Waals surface area contributed by atoms with E-state index in [4.69, 9.17) is 5.73 Å². The molecule has 1 aliphatic rings. The lowest BCUT2D eigenvalue weighted by Gasteiger charge is -2.20. The number of unbranched alkanes of at least 4 members (excludes halogenated alkanes) is 1. The molecule has 0 aliphatic heterocycles. The number of rotatable bonds is 8. The van der Waals surface area contributed by atoms with Gasteiger partial charge < -0.3 is 10.8 Å². The van der Waals surface area contributed by atoms with E-state index in [9.17, 15) is 5.11 Å². The Bertz CT molecular complexity index is 179. The average molecular weight is 245 g/mol. The van der Waals surface area contributed by atoms with Crippen LogP contribution in [0.15, 0.2) is 0 Å². The summed E-state index contributed by atoms with van der Waals surface area (Å²) in [6.07, 6.45) is 8.96. The fraction of sp³-hybridized carbons (Fsp3) is 1.00. The van der Waals surface area contributed by atoms with Crippen molar-refractivity contribution in [3.05, 3.63) is 0 Å². The Hall–Kier alpha value is 0.270. The SMILES string of the molecule is CC(O)(CN)CCCCSCC1CCCC1. The zero-order valence-electron chi connectivity index (χ0n) is 10.6. The van der Waals surface area contributed by atoms with Crippen LogP contribution in [0.2, 0.25) is 0 Å². The standard InChI is InChI=1S/C13H27NOS/c1-13(15,11-14)8-4-5-9-16-10-12-6-2-3-7-12/h12,15H,2-11,14H2,1H3. The van der Waals surface area contributed by atoms with E-state index in [1.165, 1.54) is 43.6 Å². The first kappa shape index (κ1) is 14.3. The van der Waals surface area contributed by atoms with Crippen LogP contribution in [-0.4, -0.2) is 28.8 Å². The number of nitrogens with two attached hydrogens (primary N) is 1. The molecule has 0 radical (unpaired) electrons. The third kappa shape index (κ3) is 6.12. The predicted molar refractivity (Wildman–Crippen MR) is 72.8 cm³/mol. The highest BCUT2D eigenvalue weighted by atomic mass is 32.2. The van der Waals surface area contributed by atoms with Crippen LogP contribution in [0.4, 0.5) is 0 Å². The number of hydrogen-bond donors (Lipinski definition) is 2. The van der Waals surface area contributed by atoms with Gasteiger partial charge in [-0.25, -0.2) is 0 Å². The molecule has 0 heterocycles. The van der Waals surface area contributed by atoms with Crippen molar-refractivity contribution in [1.29, 1.82) is 0 Å². The van der Waals surface area contributed by atoms with Gasteiger partial charge in [0.15, 0.2) is 0 Å². The first-order valence-corrected chi connectivity index (χ1v) is 7.80. The Morgan fingerprint density at radius 1 is 1.31 bits per heavy atom. The average Bonchev–Trinajstić information content (AvgIpc) is 2.76. The highest BCUT2D eigenvalue weighted by molar-refractivity contribution is 7.99. The molecule has 96 valence electrons. The van der Waals surface area contributed by atoms with Crippen LogP contribution >= 0.6 is 11.8 Å². The summed E-state index contributed by atoms with van der Waals surface area (Å²) in [7, 11) is 0. The summed E-state index contributed by atoms with van der Waals surface area (Å²) in [5.41, 5.74) is 4.83. The highest BCUT2D eigenvalue weighted by Gasteiger charge is 2.17.